The zero-order valence-corrected chi connectivity index (χ0v) is 13.6. The molecule has 2 aliphatic rings. The fraction of sp³-hybridized carbons (Fsp3) is 0.600. The lowest BCUT2D eigenvalue weighted by atomic mass is 9.79. The monoisotopic (exact) mass is 324 g/mol. The molecule has 3 heterocycles. The summed E-state index contributed by atoms with van der Waals surface area (Å²) in [4.78, 5) is 17.3. The topological polar surface area (TPSA) is 51.7 Å². The highest BCUT2D eigenvalue weighted by Crippen LogP contribution is 2.36. The maximum atomic E-state index is 12.9. The lowest BCUT2D eigenvalue weighted by molar-refractivity contribution is -0.113. The molecule has 3 rings (SSSR count). The molecule has 1 amide bonds. The molecule has 0 spiro atoms. The van der Waals surface area contributed by atoms with E-state index in [1.807, 2.05) is 27.7 Å². The van der Waals surface area contributed by atoms with Gasteiger partial charge >= 0.3 is 7.12 Å². The molecule has 0 unspecified atom stereocenters. The second-order valence-electron chi connectivity index (χ2n) is 7.11. The molecule has 23 heavy (non-hydrogen) atoms. The van der Waals surface area contributed by atoms with Crippen molar-refractivity contribution in [1.82, 2.24) is 9.88 Å². The number of amides is 1. The Balaban J connectivity index is 1.78. The summed E-state index contributed by atoms with van der Waals surface area (Å²) in [6, 6.07) is 1.59. The summed E-state index contributed by atoms with van der Waals surface area (Å²) >= 11 is 0. The van der Waals surface area contributed by atoms with Crippen molar-refractivity contribution in [2.75, 3.05) is 13.1 Å². The number of carbonyl (C=O) groups excluding carboxylic acids is 1. The summed E-state index contributed by atoms with van der Waals surface area (Å²) in [5.41, 5.74) is -0.150. The van der Waals surface area contributed by atoms with E-state index in [2.05, 4.69) is 4.98 Å². The number of likely N-dealkylation sites (tertiary alicyclic amines) is 1. The van der Waals surface area contributed by atoms with Crippen molar-refractivity contribution >= 4 is 18.5 Å². The molecule has 2 saturated heterocycles. The van der Waals surface area contributed by atoms with E-state index in [-0.39, 0.29) is 5.56 Å². The Morgan fingerprint density at radius 2 is 1.74 bits per heavy atom. The minimum Gasteiger partial charge on any atom is -0.399 e. The molecule has 0 aliphatic carbocycles. The van der Waals surface area contributed by atoms with Crippen LogP contribution in [0.1, 0.15) is 38.1 Å². The molecular weight excluding hydrogens is 305 g/mol. The Bertz CT molecular complexity index is 627. The predicted octanol–water partition coefficient (Wildman–Crippen LogP) is 1.47. The van der Waals surface area contributed by atoms with Gasteiger partial charge in [0.1, 0.15) is 0 Å². The van der Waals surface area contributed by atoms with E-state index in [0.717, 1.165) is 4.90 Å². The summed E-state index contributed by atoms with van der Waals surface area (Å²) in [5.74, 6) is -3.24. The lowest BCUT2D eigenvalue weighted by Crippen LogP contribution is -2.58. The number of pyridine rings is 1. The van der Waals surface area contributed by atoms with Gasteiger partial charge in [-0.05, 0) is 33.8 Å². The van der Waals surface area contributed by atoms with Crippen LogP contribution in [0.4, 0.5) is 8.78 Å². The standard InChI is InChI=1S/C15H19BF2N2O3/c1-13(2)14(3,4)23-16(22-13)11-5-10(6-19-7-11)12(21)20-8-15(17,18)9-20/h5-7H,8-9H2,1-4H3. The first-order chi connectivity index (χ1) is 10.5. The summed E-state index contributed by atoms with van der Waals surface area (Å²) in [6.45, 7) is 6.61. The van der Waals surface area contributed by atoms with Crippen LogP contribution < -0.4 is 5.46 Å². The molecule has 5 nitrogen and oxygen atoms in total. The molecule has 2 aliphatic heterocycles. The quantitative estimate of drug-likeness (QED) is 0.773. The minimum atomic E-state index is -2.79. The van der Waals surface area contributed by atoms with Gasteiger partial charge in [0, 0.05) is 17.9 Å². The normalized spacial score (nSPS) is 24.4. The van der Waals surface area contributed by atoms with Crippen LogP contribution >= 0.6 is 0 Å². The molecule has 0 bridgehead atoms. The molecular formula is C15H19BF2N2O3. The van der Waals surface area contributed by atoms with Crippen LogP contribution in [0.5, 0.6) is 0 Å². The van der Waals surface area contributed by atoms with E-state index >= 15 is 0 Å². The van der Waals surface area contributed by atoms with Gasteiger partial charge in [-0.25, -0.2) is 8.78 Å². The van der Waals surface area contributed by atoms with Crippen molar-refractivity contribution in [3.63, 3.8) is 0 Å². The largest absolute Gasteiger partial charge is 0.496 e. The van der Waals surface area contributed by atoms with E-state index in [9.17, 15) is 13.6 Å². The van der Waals surface area contributed by atoms with Crippen LogP contribution in [-0.2, 0) is 9.31 Å². The summed E-state index contributed by atoms with van der Waals surface area (Å²) in [5, 5.41) is 0. The summed E-state index contributed by atoms with van der Waals surface area (Å²) < 4.78 is 37.6. The fourth-order valence-electron chi connectivity index (χ4n) is 2.52. The van der Waals surface area contributed by atoms with Gasteiger partial charge in [-0.15, -0.1) is 0 Å². The van der Waals surface area contributed by atoms with Gasteiger partial charge in [0.15, 0.2) is 0 Å². The van der Waals surface area contributed by atoms with Crippen LogP contribution in [0.15, 0.2) is 18.5 Å². The summed E-state index contributed by atoms with van der Waals surface area (Å²) in [7, 11) is -0.641. The van der Waals surface area contributed by atoms with E-state index in [0.29, 0.717) is 5.46 Å². The molecule has 1 aromatic rings. The molecule has 0 atom stereocenters. The Kier molecular flexibility index (Phi) is 3.53. The maximum Gasteiger partial charge on any atom is 0.496 e. The maximum absolute atomic E-state index is 12.9. The first-order valence-corrected chi connectivity index (χ1v) is 7.48. The number of carbonyl (C=O) groups is 1. The lowest BCUT2D eigenvalue weighted by Gasteiger charge is -2.38. The van der Waals surface area contributed by atoms with Gasteiger partial charge in [-0.1, -0.05) is 0 Å². The first kappa shape index (κ1) is 16.3. The third-order valence-corrected chi connectivity index (χ3v) is 4.66. The van der Waals surface area contributed by atoms with Gasteiger partial charge < -0.3 is 14.2 Å². The zero-order chi connectivity index (χ0) is 17.0. The Hall–Kier alpha value is -1.54. The molecule has 0 aromatic carbocycles. The highest BCUT2D eigenvalue weighted by molar-refractivity contribution is 6.62. The van der Waals surface area contributed by atoms with Crippen molar-refractivity contribution in [3.8, 4) is 0 Å². The van der Waals surface area contributed by atoms with Gasteiger partial charge in [-0.2, -0.15) is 0 Å². The number of halogens is 2. The summed E-state index contributed by atoms with van der Waals surface area (Å²) in [6.07, 6.45) is 2.93. The number of hydrogen-bond donors (Lipinski definition) is 0. The minimum absolute atomic E-state index is 0.257. The van der Waals surface area contributed by atoms with Gasteiger partial charge in [0.2, 0.25) is 0 Å². The second-order valence-corrected chi connectivity index (χ2v) is 7.11. The predicted molar refractivity (Wildman–Crippen MR) is 80.8 cm³/mol. The fourth-order valence-corrected chi connectivity index (χ4v) is 2.52. The van der Waals surface area contributed by atoms with Crippen molar-refractivity contribution in [2.45, 2.75) is 44.8 Å². The van der Waals surface area contributed by atoms with E-state index in [4.69, 9.17) is 9.31 Å². The highest BCUT2D eigenvalue weighted by Gasteiger charge is 2.52. The van der Waals surface area contributed by atoms with Crippen LogP contribution in [0.25, 0.3) is 0 Å². The van der Waals surface area contributed by atoms with Crippen LogP contribution in [0.3, 0.4) is 0 Å². The zero-order valence-electron chi connectivity index (χ0n) is 13.6. The Morgan fingerprint density at radius 1 is 1.17 bits per heavy atom. The average Bonchev–Trinajstić information content (AvgIpc) is 2.64. The van der Waals surface area contributed by atoms with E-state index in [1.165, 1.54) is 6.20 Å². The van der Waals surface area contributed by atoms with Gasteiger partial charge in [0.25, 0.3) is 11.8 Å². The van der Waals surface area contributed by atoms with Crippen molar-refractivity contribution in [2.24, 2.45) is 0 Å². The first-order valence-electron chi connectivity index (χ1n) is 7.48. The number of rotatable bonds is 2. The van der Waals surface area contributed by atoms with E-state index in [1.54, 1.807) is 12.3 Å². The van der Waals surface area contributed by atoms with Crippen LogP contribution in [-0.4, -0.2) is 53.1 Å². The van der Waals surface area contributed by atoms with Gasteiger partial charge in [0.05, 0.1) is 29.9 Å². The van der Waals surface area contributed by atoms with Crippen molar-refractivity contribution < 1.29 is 22.9 Å². The molecule has 0 saturated carbocycles. The molecule has 0 N–H and O–H groups in total. The van der Waals surface area contributed by atoms with Crippen molar-refractivity contribution in [3.05, 3.63) is 24.0 Å². The average molecular weight is 324 g/mol. The number of nitrogens with zero attached hydrogens (tertiary/aromatic N) is 2. The van der Waals surface area contributed by atoms with Crippen molar-refractivity contribution in [1.29, 1.82) is 0 Å². The Labute approximate surface area is 134 Å². The van der Waals surface area contributed by atoms with Gasteiger partial charge in [-0.3, -0.25) is 9.78 Å². The highest BCUT2D eigenvalue weighted by atomic mass is 19.3. The third-order valence-electron chi connectivity index (χ3n) is 4.66. The molecule has 1 aromatic heterocycles. The molecule has 124 valence electrons. The van der Waals surface area contributed by atoms with Crippen LogP contribution in [0.2, 0.25) is 0 Å². The number of hydrogen-bond acceptors (Lipinski definition) is 4. The second kappa shape index (κ2) is 4.98. The van der Waals surface area contributed by atoms with E-state index < -0.39 is 43.2 Å². The third kappa shape index (κ3) is 2.85. The Morgan fingerprint density at radius 3 is 2.26 bits per heavy atom. The SMILES string of the molecule is CC1(C)OB(c2cncc(C(=O)N3CC(F)(F)C3)c2)OC1(C)C. The number of alkyl halides is 2. The molecule has 0 radical (unpaired) electrons. The smallest absolute Gasteiger partial charge is 0.399 e. The van der Waals surface area contributed by atoms with Crippen LogP contribution in [0, 0.1) is 0 Å². The molecule has 8 heteroatoms. The number of aromatic nitrogens is 1. The molecule has 2 fully saturated rings.